The second-order valence-corrected chi connectivity index (χ2v) is 5.29. The van der Waals surface area contributed by atoms with E-state index in [0.717, 1.165) is 19.5 Å². The van der Waals surface area contributed by atoms with Gasteiger partial charge >= 0.3 is 0 Å². The summed E-state index contributed by atoms with van der Waals surface area (Å²) in [6.45, 7) is 1.99. The van der Waals surface area contributed by atoms with E-state index in [4.69, 9.17) is 0 Å². The van der Waals surface area contributed by atoms with E-state index >= 15 is 0 Å². The molecule has 2 atom stereocenters. The molecule has 1 aromatic rings. The molecule has 1 aliphatic rings. The van der Waals surface area contributed by atoms with Crippen molar-refractivity contribution in [2.45, 2.75) is 38.3 Å². The number of benzene rings is 1. The Balaban J connectivity index is 1.82. The van der Waals surface area contributed by atoms with Crippen molar-refractivity contribution in [2.24, 2.45) is 5.92 Å². The number of aliphatic hydroxyl groups is 1. The molecule has 0 heterocycles. The van der Waals surface area contributed by atoms with Crippen LogP contribution in [0, 0.1) is 5.92 Å². The standard InChI is InChI=1S/C15H23NO/c1-16(11-13-7-3-2-4-8-13)12-14-9-5-6-10-15(14)17/h2-4,7-8,14-15,17H,5-6,9-12H2,1H3/t14-,15-/m1/s1. The van der Waals surface area contributed by atoms with Crippen LogP contribution in [-0.2, 0) is 6.54 Å². The van der Waals surface area contributed by atoms with Crippen LogP contribution in [0.5, 0.6) is 0 Å². The van der Waals surface area contributed by atoms with Crippen molar-refractivity contribution in [3.8, 4) is 0 Å². The summed E-state index contributed by atoms with van der Waals surface area (Å²) in [6.07, 6.45) is 4.56. The van der Waals surface area contributed by atoms with Crippen LogP contribution in [0.2, 0.25) is 0 Å². The first-order valence-electron chi connectivity index (χ1n) is 6.66. The largest absolute Gasteiger partial charge is 0.393 e. The fraction of sp³-hybridized carbons (Fsp3) is 0.600. The van der Waals surface area contributed by atoms with E-state index in [9.17, 15) is 5.11 Å². The highest BCUT2D eigenvalue weighted by Gasteiger charge is 2.23. The molecule has 1 fully saturated rings. The van der Waals surface area contributed by atoms with Crippen LogP contribution in [0.25, 0.3) is 0 Å². The summed E-state index contributed by atoms with van der Waals surface area (Å²) in [5, 5.41) is 9.96. The van der Waals surface area contributed by atoms with E-state index in [1.165, 1.54) is 24.8 Å². The van der Waals surface area contributed by atoms with Gasteiger partial charge in [-0.2, -0.15) is 0 Å². The molecule has 0 aliphatic heterocycles. The fourth-order valence-electron chi connectivity index (χ4n) is 2.76. The third-order valence-corrected chi connectivity index (χ3v) is 3.71. The Bertz CT molecular complexity index is 325. The van der Waals surface area contributed by atoms with Crippen molar-refractivity contribution < 1.29 is 5.11 Å². The van der Waals surface area contributed by atoms with Crippen LogP contribution in [0.3, 0.4) is 0 Å². The van der Waals surface area contributed by atoms with Crippen molar-refractivity contribution in [3.05, 3.63) is 35.9 Å². The van der Waals surface area contributed by atoms with Gasteiger partial charge in [-0.05, 0) is 31.4 Å². The third-order valence-electron chi connectivity index (χ3n) is 3.71. The number of hydrogen-bond donors (Lipinski definition) is 1. The van der Waals surface area contributed by atoms with E-state index in [-0.39, 0.29) is 6.10 Å². The van der Waals surface area contributed by atoms with Crippen LogP contribution in [-0.4, -0.2) is 29.7 Å². The Hall–Kier alpha value is -0.860. The highest BCUT2D eigenvalue weighted by atomic mass is 16.3. The molecule has 0 aromatic heterocycles. The van der Waals surface area contributed by atoms with Crippen LogP contribution >= 0.6 is 0 Å². The monoisotopic (exact) mass is 233 g/mol. The zero-order valence-electron chi connectivity index (χ0n) is 10.7. The summed E-state index contributed by atoms with van der Waals surface area (Å²) in [5.41, 5.74) is 1.35. The summed E-state index contributed by atoms with van der Waals surface area (Å²) in [5.74, 6) is 0.470. The Morgan fingerprint density at radius 1 is 1.18 bits per heavy atom. The van der Waals surface area contributed by atoms with Crippen molar-refractivity contribution in [2.75, 3.05) is 13.6 Å². The summed E-state index contributed by atoms with van der Waals surface area (Å²) in [6, 6.07) is 10.5. The SMILES string of the molecule is CN(Cc1ccccc1)C[C@H]1CCCC[C@H]1O. The molecule has 94 valence electrons. The van der Waals surface area contributed by atoms with Crippen LogP contribution < -0.4 is 0 Å². The Kier molecular flexibility index (Phi) is 4.57. The van der Waals surface area contributed by atoms with Crippen molar-refractivity contribution in [3.63, 3.8) is 0 Å². The molecule has 2 heteroatoms. The van der Waals surface area contributed by atoms with E-state index in [1.807, 2.05) is 6.07 Å². The minimum Gasteiger partial charge on any atom is -0.393 e. The quantitative estimate of drug-likeness (QED) is 0.864. The average molecular weight is 233 g/mol. The smallest absolute Gasteiger partial charge is 0.0580 e. The molecule has 17 heavy (non-hydrogen) atoms. The topological polar surface area (TPSA) is 23.5 Å². The second-order valence-electron chi connectivity index (χ2n) is 5.29. The first-order valence-corrected chi connectivity index (χ1v) is 6.66. The normalized spacial score (nSPS) is 25.1. The maximum atomic E-state index is 9.96. The average Bonchev–Trinajstić information content (AvgIpc) is 2.33. The van der Waals surface area contributed by atoms with Crippen LogP contribution in [0.15, 0.2) is 30.3 Å². The fourth-order valence-corrected chi connectivity index (χ4v) is 2.76. The number of nitrogens with zero attached hydrogens (tertiary/aromatic N) is 1. The molecule has 0 saturated heterocycles. The maximum absolute atomic E-state index is 9.96. The molecule has 0 radical (unpaired) electrons. The lowest BCUT2D eigenvalue weighted by molar-refractivity contribution is 0.0502. The highest BCUT2D eigenvalue weighted by Crippen LogP contribution is 2.25. The number of rotatable bonds is 4. The summed E-state index contributed by atoms with van der Waals surface area (Å²) < 4.78 is 0. The Morgan fingerprint density at radius 2 is 1.88 bits per heavy atom. The first-order chi connectivity index (χ1) is 8.25. The molecule has 0 amide bonds. The predicted molar refractivity (Wildman–Crippen MR) is 70.7 cm³/mol. The van der Waals surface area contributed by atoms with E-state index in [2.05, 4.69) is 36.2 Å². The summed E-state index contributed by atoms with van der Waals surface area (Å²) in [4.78, 5) is 2.33. The van der Waals surface area contributed by atoms with Gasteiger partial charge in [0.15, 0.2) is 0 Å². The lowest BCUT2D eigenvalue weighted by Gasteiger charge is -2.31. The second kappa shape index (κ2) is 6.18. The number of hydrogen-bond acceptors (Lipinski definition) is 2. The molecule has 1 saturated carbocycles. The first kappa shape index (κ1) is 12.6. The minimum absolute atomic E-state index is 0.0815. The highest BCUT2D eigenvalue weighted by molar-refractivity contribution is 5.14. The van der Waals surface area contributed by atoms with Gasteiger partial charge in [0.2, 0.25) is 0 Å². The molecule has 0 spiro atoms. The third kappa shape index (κ3) is 3.83. The zero-order valence-corrected chi connectivity index (χ0v) is 10.7. The van der Waals surface area contributed by atoms with Gasteiger partial charge in [0.25, 0.3) is 0 Å². The van der Waals surface area contributed by atoms with Gasteiger partial charge in [-0.25, -0.2) is 0 Å². The minimum atomic E-state index is -0.0815. The molecule has 0 unspecified atom stereocenters. The van der Waals surface area contributed by atoms with Crippen molar-refractivity contribution in [1.82, 2.24) is 4.90 Å². The molecule has 2 nitrogen and oxygen atoms in total. The molecular formula is C15H23NO. The van der Waals surface area contributed by atoms with Crippen molar-refractivity contribution >= 4 is 0 Å². The molecule has 0 bridgehead atoms. The molecule has 2 rings (SSSR count). The zero-order chi connectivity index (χ0) is 12.1. The summed E-state index contributed by atoms with van der Waals surface area (Å²) in [7, 11) is 2.15. The lowest BCUT2D eigenvalue weighted by Crippen LogP contribution is -2.34. The molecule has 1 aromatic carbocycles. The van der Waals surface area contributed by atoms with E-state index < -0.39 is 0 Å². The van der Waals surface area contributed by atoms with E-state index in [1.54, 1.807) is 0 Å². The number of aliphatic hydroxyl groups excluding tert-OH is 1. The van der Waals surface area contributed by atoms with Gasteiger partial charge in [0.05, 0.1) is 6.10 Å². The maximum Gasteiger partial charge on any atom is 0.0580 e. The van der Waals surface area contributed by atoms with Gasteiger partial charge in [0, 0.05) is 13.1 Å². The van der Waals surface area contributed by atoms with Crippen LogP contribution in [0.1, 0.15) is 31.2 Å². The van der Waals surface area contributed by atoms with Gasteiger partial charge in [-0.1, -0.05) is 43.2 Å². The van der Waals surface area contributed by atoms with E-state index in [0.29, 0.717) is 5.92 Å². The van der Waals surface area contributed by atoms with Gasteiger partial charge < -0.3 is 10.0 Å². The predicted octanol–water partition coefficient (Wildman–Crippen LogP) is 2.67. The Labute approximate surface area is 104 Å². The van der Waals surface area contributed by atoms with Gasteiger partial charge in [-0.15, -0.1) is 0 Å². The summed E-state index contributed by atoms with van der Waals surface area (Å²) >= 11 is 0. The molecule has 1 aliphatic carbocycles. The van der Waals surface area contributed by atoms with Crippen molar-refractivity contribution in [1.29, 1.82) is 0 Å². The Morgan fingerprint density at radius 3 is 2.59 bits per heavy atom. The lowest BCUT2D eigenvalue weighted by atomic mass is 9.86. The molecule has 1 N–H and O–H groups in total. The van der Waals surface area contributed by atoms with Gasteiger partial charge in [-0.3, -0.25) is 0 Å². The van der Waals surface area contributed by atoms with Gasteiger partial charge in [0.1, 0.15) is 0 Å². The molecular weight excluding hydrogens is 210 g/mol. The van der Waals surface area contributed by atoms with Crippen LogP contribution in [0.4, 0.5) is 0 Å².